The number of primary amides is 1. The molecule has 1 rings (SSSR count). The van der Waals surface area contributed by atoms with Crippen LogP contribution in [0.5, 0.6) is 0 Å². The first kappa shape index (κ1) is 24.3. The van der Waals surface area contributed by atoms with Gasteiger partial charge in [0.25, 0.3) is 17.5 Å². The second-order valence-electron chi connectivity index (χ2n) is 6.70. The van der Waals surface area contributed by atoms with Crippen molar-refractivity contribution in [2.45, 2.75) is 32.7 Å². The number of non-ortho nitro benzene ring substituents is 1. The van der Waals surface area contributed by atoms with Crippen molar-refractivity contribution in [3.05, 3.63) is 39.7 Å². The summed E-state index contributed by atoms with van der Waals surface area (Å²) in [7, 11) is 0. The van der Waals surface area contributed by atoms with Crippen LogP contribution in [0.25, 0.3) is 0 Å². The van der Waals surface area contributed by atoms with E-state index in [1.807, 2.05) is 5.32 Å². The van der Waals surface area contributed by atoms with Crippen LogP contribution in [0.2, 0.25) is 0 Å². The minimum absolute atomic E-state index is 0.0845. The lowest BCUT2D eigenvalue weighted by molar-refractivity contribution is -0.384. The van der Waals surface area contributed by atoms with Crippen molar-refractivity contribution in [1.82, 2.24) is 15.8 Å². The van der Waals surface area contributed by atoms with E-state index in [-0.39, 0.29) is 12.3 Å². The van der Waals surface area contributed by atoms with E-state index in [0.29, 0.717) is 17.1 Å². The molecule has 0 aliphatic carbocycles. The smallest absolute Gasteiger partial charge is 0.405 e. The van der Waals surface area contributed by atoms with Crippen molar-refractivity contribution in [1.29, 1.82) is 0 Å². The second kappa shape index (κ2) is 10.7. The predicted molar refractivity (Wildman–Crippen MR) is 100 cm³/mol. The Labute approximate surface area is 170 Å². The molecule has 0 bridgehead atoms. The fourth-order valence-electron chi connectivity index (χ4n) is 2.43. The summed E-state index contributed by atoms with van der Waals surface area (Å²) in [5.74, 6) is -4.13. The summed E-state index contributed by atoms with van der Waals surface area (Å²) in [6.07, 6.45) is -1.80. The van der Waals surface area contributed by atoms with Crippen LogP contribution in [0.4, 0.5) is 14.9 Å². The maximum absolute atomic E-state index is 14.1. The minimum Gasteiger partial charge on any atom is -0.465 e. The van der Waals surface area contributed by atoms with Crippen LogP contribution in [-0.2, 0) is 9.59 Å². The van der Waals surface area contributed by atoms with Gasteiger partial charge in [0.05, 0.1) is 17.0 Å². The van der Waals surface area contributed by atoms with Crippen molar-refractivity contribution < 1.29 is 33.6 Å². The zero-order valence-electron chi connectivity index (χ0n) is 16.3. The van der Waals surface area contributed by atoms with Gasteiger partial charge < -0.3 is 16.2 Å². The topological polar surface area (TPSA) is 185 Å². The zero-order valence-corrected chi connectivity index (χ0v) is 16.3. The fraction of sp³-hybridized carbons (Fsp3) is 0.412. The minimum atomic E-state index is -1.48. The fourth-order valence-corrected chi connectivity index (χ4v) is 2.43. The molecule has 0 aromatic heterocycles. The summed E-state index contributed by atoms with van der Waals surface area (Å²) in [6, 6.07) is 1.00. The maximum atomic E-state index is 14.1. The first-order valence-corrected chi connectivity index (χ1v) is 8.76. The molecule has 4 amide bonds. The number of hydrogen-bond acceptors (Lipinski definition) is 6. The summed E-state index contributed by atoms with van der Waals surface area (Å²) >= 11 is 0. The van der Waals surface area contributed by atoms with E-state index in [2.05, 4.69) is 5.43 Å². The van der Waals surface area contributed by atoms with E-state index in [1.54, 1.807) is 13.8 Å². The number of benzene rings is 1. The lowest BCUT2D eigenvalue weighted by Gasteiger charge is -2.26. The number of carboxylic acid groups (broad SMARTS) is 1. The number of rotatable bonds is 9. The Kier molecular flexibility index (Phi) is 8.64. The van der Waals surface area contributed by atoms with E-state index in [4.69, 9.17) is 10.8 Å². The number of carbonyl (C=O) groups excluding carboxylic acids is 3. The average Bonchev–Trinajstić information content (AvgIpc) is 2.63. The van der Waals surface area contributed by atoms with E-state index in [9.17, 15) is 33.7 Å². The van der Waals surface area contributed by atoms with Gasteiger partial charge in [-0.2, -0.15) is 0 Å². The zero-order chi connectivity index (χ0) is 23.0. The van der Waals surface area contributed by atoms with Gasteiger partial charge in [-0.3, -0.25) is 29.9 Å². The molecule has 0 saturated heterocycles. The highest BCUT2D eigenvalue weighted by Crippen LogP contribution is 2.18. The Morgan fingerprint density at radius 2 is 1.93 bits per heavy atom. The summed E-state index contributed by atoms with van der Waals surface area (Å²) in [5, 5.41) is 22.4. The number of halogens is 1. The maximum Gasteiger partial charge on any atom is 0.405 e. The molecule has 0 aliphatic rings. The van der Waals surface area contributed by atoms with Crippen molar-refractivity contribution in [3.8, 4) is 0 Å². The number of nitro benzene ring substituents is 1. The van der Waals surface area contributed by atoms with Gasteiger partial charge in [-0.25, -0.2) is 14.2 Å². The first-order chi connectivity index (χ1) is 13.9. The monoisotopic (exact) mass is 427 g/mol. The van der Waals surface area contributed by atoms with Gasteiger partial charge in [0.2, 0.25) is 5.91 Å². The molecule has 0 spiro atoms. The Bertz CT molecular complexity index is 846. The van der Waals surface area contributed by atoms with Gasteiger partial charge >= 0.3 is 6.09 Å². The molecule has 164 valence electrons. The Hall–Kier alpha value is -3.77. The quantitative estimate of drug-likeness (QED) is 0.331. The number of amides is 4. The van der Waals surface area contributed by atoms with Gasteiger partial charge in [-0.1, -0.05) is 13.8 Å². The molecule has 0 heterocycles. The van der Waals surface area contributed by atoms with Crippen molar-refractivity contribution >= 4 is 29.5 Å². The molecule has 5 N–H and O–H groups in total. The van der Waals surface area contributed by atoms with Crippen LogP contribution in [0.15, 0.2) is 18.2 Å². The van der Waals surface area contributed by atoms with E-state index in [0.717, 1.165) is 6.07 Å². The standard InChI is InChI=1S/C17H22FN5O7/c1-9(2)7-13(20-17(27)28)15(25)21-22(6-5-14(19)24)16(26)11-8-10(23(29)30)3-4-12(11)18/h3-4,8-9,13,20H,5-7H2,1-2H3,(H2,19,24)(H,21,25)(H,27,28)/t13-/m0/s1. The lowest BCUT2D eigenvalue weighted by atomic mass is 10.0. The molecule has 0 saturated carbocycles. The van der Waals surface area contributed by atoms with Crippen molar-refractivity contribution in [2.24, 2.45) is 11.7 Å². The number of nitrogens with zero attached hydrogens (tertiary/aromatic N) is 2. The number of carbonyl (C=O) groups is 4. The molecule has 12 nitrogen and oxygen atoms in total. The summed E-state index contributed by atoms with van der Waals surface area (Å²) in [5.41, 5.74) is 5.90. The van der Waals surface area contributed by atoms with E-state index in [1.165, 1.54) is 0 Å². The molecule has 30 heavy (non-hydrogen) atoms. The number of hydrazine groups is 1. The van der Waals surface area contributed by atoms with Crippen molar-refractivity contribution in [3.63, 3.8) is 0 Å². The van der Waals surface area contributed by atoms with Crippen LogP contribution >= 0.6 is 0 Å². The Morgan fingerprint density at radius 1 is 1.30 bits per heavy atom. The SMILES string of the molecule is CC(C)C[C@H](NC(=O)O)C(=O)NN(CCC(N)=O)C(=O)c1cc([N+](=O)[O-])ccc1F. The highest BCUT2D eigenvalue weighted by molar-refractivity contribution is 5.97. The number of hydrogen-bond donors (Lipinski definition) is 4. The third kappa shape index (κ3) is 7.33. The van der Waals surface area contributed by atoms with Crippen LogP contribution in [0.1, 0.15) is 37.0 Å². The van der Waals surface area contributed by atoms with Crippen LogP contribution in [-0.4, -0.2) is 51.4 Å². The largest absolute Gasteiger partial charge is 0.465 e. The predicted octanol–water partition coefficient (Wildman–Crippen LogP) is 0.765. The molecular formula is C17H22FN5O7. The molecule has 0 radical (unpaired) electrons. The lowest BCUT2D eigenvalue weighted by Crippen LogP contribution is -2.55. The van der Waals surface area contributed by atoms with Gasteiger partial charge in [0.1, 0.15) is 11.9 Å². The van der Waals surface area contributed by atoms with Gasteiger partial charge in [0, 0.05) is 18.6 Å². The Balaban J connectivity index is 3.19. The molecule has 13 heteroatoms. The highest BCUT2D eigenvalue weighted by Gasteiger charge is 2.28. The highest BCUT2D eigenvalue weighted by atomic mass is 19.1. The van der Waals surface area contributed by atoms with Crippen molar-refractivity contribution in [2.75, 3.05) is 6.54 Å². The summed E-state index contributed by atoms with van der Waals surface area (Å²) in [6.45, 7) is 3.00. The van der Waals surface area contributed by atoms with Crippen LogP contribution in [0, 0.1) is 21.8 Å². The average molecular weight is 427 g/mol. The third-order valence-electron chi connectivity index (χ3n) is 3.78. The molecular weight excluding hydrogens is 405 g/mol. The molecule has 1 aromatic rings. The first-order valence-electron chi connectivity index (χ1n) is 8.76. The molecule has 1 atom stereocenters. The second-order valence-corrected chi connectivity index (χ2v) is 6.70. The number of nitrogens with one attached hydrogen (secondary N) is 2. The summed E-state index contributed by atoms with van der Waals surface area (Å²) in [4.78, 5) is 57.4. The van der Waals surface area contributed by atoms with E-state index >= 15 is 0 Å². The molecule has 0 fully saturated rings. The van der Waals surface area contributed by atoms with Gasteiger partial charge in [-0.15, -0.1) is 0 Å². The van der Waals surface area contributed by atoms with Crippen LogP contribution < -0.4 is 16.5 Å². The van der Waals surface area contributed by atoms with E-state index < -0.39 is 64.8 Å². The molecule has 0 unspecified atom stereocenters. The normalized spacial score (nSPS) is 11.5. The number of nitrogens with two attached hydrogens (primary N) is 1. The third-order valence-corrected chi connectivity index (χ3v) is 3.78. The van der Waals surface area contributed by atoms with Crippen LogP contribution in [0.3, 0.4) is 0 Å². The summed E-state index contributed by atoms with van der Waals surface area (Å²) < 4.78 is 14.1. The molecule has 1 aromatic carbocycles. The number of nitro groups is 1. The van der Waals surface area contributed by atoms with Gasteiger partial charge in [0.15, 0.2) is 0 Å². The molecule has 0 aliphatic heterocycles. The Morgan fingerprint density at radius 3 is 2.43 bits per heavy atom. The van der Waals surface area contributed by atoms with Gasteiger partial charge in [-0.05, 0) is 18.4 Å².